The smallest absolute Gasteiger partial charge is 0.337 e. The highest BCUT2D eigenvalue weighted by Gasteiger charge is 2.14. The molecular formula is C17H18INO3. The third kappa shape index (κ3) is 4.43. The molecule has 0 aliphatic heterocycles. The third-order valence-corrected chi connectivity index (χ3v) is 3.86. The Hall–Kier alpha value is -1.63. The van der Waals surface area contributed by atoms with Gasteiger partial charge in [0.05, 0.1) is 12.7 Å². The lowest BCUT2D eigenvalue weighted by molar-refractivity contribution is 0.0600. The van der Waals surface area contributed by atoms with Gasteiger partial charge in [-0.3, -0.25) is 0 Å². The summed E-state index contributed by atoms with van der Waals surface area (Å²) in [7, 11) is 1.38. The van der Waals surface area contributed by atoms with E-state index in [4.69, 9.17) is 9.47 Å². The molecule has 0 aliphatic rings. The number of rotatable bonds is 6. The van der Waals surface area contributed by atoms with E-state index < -0.39 is 0 Å². The molecule has 0 N–H and O–H groups in total. The fourth-order valence-electron chi connectivity index (χ4n) is 2.09. The van der Waals surface area contributed by atoms with Gasteiger partial charge in [0.15, 0.2) is 0 Å². The monoisotopic (exact) mass is 411 g/mol. The predicted molar refractivity (Wildman–Crippen MR) is 93.0 cm³/mol. The van der Waals surface area contributed by atoms with Crippen molar-refractivity contribution in [2.45, 2.75) is 25.9 Å². The van der Waals surface area contributed by atoms with E-state index in [1.54, 1.807) is 18.3 Å². The van der Waals surface area contributed by atoms with Gasteiger partial charge in [0, 0.05) is 15.8 Å². The number of hydrogen-bond donors (Lipinski definition) is 0. The Labute approximate surface area is 144 Å². The minimum atomic E-state index is -0.334. The summed E-state index contributed by atoms with van der Waals surface area (Å²) in [6.45, 7) is 2.11. The number of pyridine rings is 1. The topological polar surface area (TPSA) is 48.4 Å². The van der Waals surface area contributed by atoms with Crippen LogP contribution in [-0.4, -0.2) is 18.1 Å². The predicted octanol–water partition coefficient (Wildman–Crippen LogP) is 4.39. The Morgan fingerprint density at radius 1 is 1.23 bits per heavy atom. The fraction of sp³-hybridized carbons (Fsp3) is 0.294. The van der Waals surface area contributed by atoms with Crippen molar-refractivity contribution in [1.82, 2.24) is 4.98 Å². The SMILES string of the molecule is CCC[C@@H](Oc1ccc(I)cn1)c1ccc(C(=O)OC)cc1. The lowest BCUT2D eigenvalue weighted by Crippen LogP contribution is -2.09. The van der Waals surface area contributed by atoms with Crippen LogP contribution >= 0.6 is 22.6 Å². The first-order valence-electron chi connectivity index (χ1n) is 7.10. The van der Waals surface area contributed by atoms with Crippen LogP contribution in [0.5, 0.6) is 5.88 Å². The van der Waals surface area contributed by atoms with Gasteiger partial charge in [0.2, 0.25) is 5.88 Å². The molecule has 0 saturated carbocycles. The number of methoxy groups -OCH3 is 1. The van der Waals surface area contributed by atoms with E-state index in [2.05, 4.69) is 34.5 Å². The Morgan fingerprint density at radius 2 is 1.95 bits per heavy atom. The molecule has 0 bridgehead atoms. The van der Waals surface area contributed by atoms with Crippen molar-refractivity contribution in [3.05, 3.63) is 57.3 Å². The molecule has 0 aliphatic carbocycles. The van der Waals surface area contributed by atoms with Crippen LogP contribution in [0.1, 0.15) is 41.8 Å². The molecule has 1 heterocycles. The number of carbonyl (C=O) groups is 1. The van der Waals surface area contributed by atoms with Crippen molar-refractivity contribution in [2.24, 2.45) is 0 Å². The zero-order valence-electron chi connectivity index (χ0n) is 12.6. The van der Waals surface area contributed by atoms with E-state index in [1.165, 1.54) is 7.11 Å². The molecule has 5 heteroatoms. The Bertz CT molecular complexity index is 611. The van der Waals surface area contributed by atoms with Crippen molar-refractivity contribution in [3.63, 3.8) is 0 Å². The molecule has 116 valence electrons. The number of ether oxygens (including phenoxy) is 2. The second-order valence-corrected chi connectivity index (χ2v) is 6.07. The molecule has 1 atom stereocenters. The molecule has 0 saturated heterocycles. The maximum Gasteiger partial charge on any atom is 0.337 e. The number of esters is 1. The normalized spacial score (nSPS) is 11.8. The number of carbonyl (C=O) groups excluding carboxylic acids is 1. The summed E-state index contributed by atoms with van der Waals surface area (Å²) in [6.07, 6.45) is 3.57. The summed E-state index contributed by atoms with van der Waals surface area (Å²) in [5.74, 6) is 0.273. The van der Waals surface area contributed by atoms with Crippen molar-refractivity contribution in [1.29, 1.82) is 0 Å². The van der Waals surface area contributed by atoms with Gasteiger partial charge < -0.3 is 9.47 Å². The number of nitrogens with zero attached hydrogens (tertiary/aromatic N) is 1. The first kappa shape index (κ1) is 16.7. The Balaban J connectivity index is 2.16. The molecule has 0 fully saturated rings. The standard InChI is InChI=1S/C17H18INO3/c1-3-4-15(22-16-10-9-14(18)11-19-16)12-5-7-13(8-6-12)17(20)21-2/h5-11,15H,3-4H2,1-2H3/t15-/m1/s1. The van der Waals surface area contributed by atoms with E-state index >= 15 is 0 Å². The Kier molecular flexibility index (Phi) is 6.18. The van der Waals surface area contributed by atoms with E-state index in [-0.39, 0.29) is 12.1 Å². The van der Waals surface area contributed by atoms with Gasteiger partial charge in [-0.2, -0.15) is 0 Å². The van der Waals surface area contributed by atoms with Crippen LogP contribution < -0.4 is 4.74 Å². The maximum absolute atomic E-state index is 11.5. The molecule has 2 aromatic rings. The molecule has 0 spiro atoms. The number of hydrogen-bond acceptors (Lipinski definition) is 4. The summed E-state index contributed by atoms with van der Waals surface area (Å²) in [4.78, 5) is 15.8. The molecule has 0 radical (unpaired) electrons. The summed E-state index contributed by atoms with van der Waals surface area (Å²) < 4.78 is 11.8. The van der Waals surface area contributed by atoms with Crippen LogP contribution in [0.3, 0.4) is 0 Å². The van der Waals surface area contributed by atoms with Crippen molar-refractivity contribution < 1.29 is 14.3 Å². The van der Waals surface area contributed by atoms with Gasteiger partial charge in [-0.25, -0.2) is 9.78 Å². The van der Waals surface area contributed by atoms with Crippen molar-refractivity contribution >= 4 is 28.6 Å². The second-order valence-electron chi connectivity index (χ2n) is 4.82. The Morgan fingerprint density at radius 3 is 2.50 bits per heavy atom. The van der Waals surface area contributed by atoms with Gasteiger partial charge in [-0.05, 0) is 52.8 Å². The number of halogens is 1. The van der Waals surface area contributed by atoms with Gasteiger partial charge in [-0.1, -0.05) is 25.5 Å². The van der Waals surface area contributed by atoms with E-state index in [0.717, 1.165) is 22.0 Å². The molecule has 1 aromatic heterocycles. The highest BCUT2D eigenvalue weighted by atomic mass is 127. The highest BCUT2D eigenvalue weighted by Crippen LogP contribution is 2.25. The van der Waals surface area contributed by atoms with Gasteiger partial charge in [0.1, 0.15) is 6.10 Å². The van der Waals surface area contributed by atoms with Crippen LogP contribution in [-0.2, 0) is 4.74 Å². The number of aromatic nitrogens is 1. The van der Waals surface area contributed by atoms with Crippen LogP contribution in [0.2, 0.25) is 0 Å². The molecule has 0 amide bonds. The summed E-state index contributed by atoms with van der Waals surface area (Å²) in [6, 6.07) is 11.2. The molecule has 4 nitrogen and oxygen atoms in total. The van der Waals surface area contributed by atoms with Crippen LogP contribution in [0, 0.1) is 3.57 Å². The lowest BCUT2D eigenvalue weighted by Gasteiger charge is -2.18. The van der Waals surface area contributed by atoms with Crippen LogP contribution in [0.15, 0.2) is 42.6 Å². The zero-order chi connectivity index (χ0) is 15.9. The average Bonchev–Trinajstić information content (AvgIpc) is 2.56. The first-order chi connectivity index (χ1) is 10.6. The molecule has 1 aromatic carbocycles. The van der Waals surface area contributed by atoms with E-state index in [9.17, 15) is 4.79 Å². The average molecular weight is 411 g/mol. The summed E-state index contributed by atoms with van der Waals surface area (Å²) >= 11 is 2.21. The third-order valence-electron chi connectivity index (χ3n) is 3.22. The van der Waals surface area contributed by atoms with E-state index in [0.29, 0.717) is 11.4 Å². The highest BCUT2D eigenvalue weighted by molar-refractivity contribution is 14.1. The minimum absolute atomic E-state index is 0.0794. The zero-order valence-corrected chi connectivity index (χ0v) is 14.7. The van der Waals surface area contributed by atoms with Gasteiger partial charge in [-0.15, -0.1) is 0 Å². The number of benzene rings is 1. The largest absolute Gasteiger partial charge is 0.469 e. The molecule has 22 heavy (non-hydrogen) atoms. The maximum atomic E-state index is 11.5. The lowest BCUT2D eigenvalue weighted by atomic mass is 10.0. The minimum Gasteiger partial charge on any atom is -0.469 e. The molecular weight excluding hydrogens is 393 g/mol. The molecule has 0 unspecified atom stereocenters. The van der Waals surface area contributed by atoms with Crippen LogP contribution in [0.4, 0.5) is 0 Å². The summed E-state index contributed by atoms with van der Waals surface area (Å²) in [5.41, 5.74) is 1.56. The molecule has 2 rings (SSSR count). The summed E-state index contributed by atoms with van der Waals surface area (Å²) in [5, 5.41) is 0. The fourth-order valence-corrected chi connectivity index (χ4v) is 2.40. The van der Waals surface area contributed by atoms with Gasteiger partial charge in [0.25, 0.3) is 0 Å². The quantitative estimate of drug-likeness (QED) is 0.523. The van der Waals surface area contributed by atoms with Crippen molar-refractivity contribution in [3.8, 4) is 5.88 Å². The first-order valence-corrected chi connectivity index (χ1v) is 8.18. The van der Waals surface area contributed by atoms with Gasteiger partial charge >= 0.3 is 5.97 Å². The van der Waals surface area contributed by atoms with Crippen molar-refractivity contribution in [2.75, 3.05) is 7.11 Å². The van der Waals surface area contributed by atoms with Crippen LogP contribution in [0.25, 0.3) is 0 Å². The van der Waals surface area contributed by atoms with E-state index in [1.807, 2.05) is 24.3 Å². The second kappa shape index (κ2) is 8.12.